The molecular weight excluding hydrogens is 450 g/mol. The fraction of sp³-hybridized carbons (Fsp3) is 0.269. The zero-order valence-corrected chi connectivity index (χ0v) is 20.1. The number of hydrogen-bond acceptors (Lipinski definition) is 7. The van der Waals surface area contributed by atoms with Crippen LogP contribution in [0.2, 0.25) is 0 Å². The molecule has 0 bridgehead atoms. The van der Waals surface area contributed by atoms with E-state index in [-0.39, 0.29) is 5.56 Å². The van der Waals surface area contributed by atoms with Crippen LogP contribution < -0.4 is 24.3 Å². The SMILES string of the molecule is C=CCOc1ccc(-c2nc3sc(=Cc4ccc(OCCCCC)c(OC)c4)c(=O)n3n2)cc1. The molecule has 7 nitrogen and oxygen atoms in total. The molecule has 176 valence electrons. The fourth-order valence-corrected chi connectivity index (χ4v) is 4.30. The van der Waals surface area contributed by atoms with Crippen molar-refractivity contribution in [3.8, 4) is 28.6 Å². The summed E-state index contributed by atoms with van der Waals surface area (Å²) in [6.07, 6.45) is 6.79. The largest absolute Gasteiger partial charge is 0.493 e. The van der Waals surface area contributed by atoms with Gasteiger partial charge in [0.15, 0.2) is 17.3 Å². The summed E-state index contributed by atoms with van der Waals surface area (Å²) in [7, 11) is 1.61. The Labute approximate surface area is 201 Å². The van der Waals surface area contributed by atoms with Gasteiger partial charge in [0.05, 0.1) is 18.2 Å². The van der Waals surface area contributed by atoms with Crippen molar-refractivity contribution in [1.29, 1.82) is 0 Å². The Morgan fingerprint density at radius 3 is 2.62 bits per heavy atom. The lowest BCUT2D eigenvalue weighted by Crippen LogP contribution is -2.23. The van der Waals surface area contributed by atoms with Crippen molar-refractivity contribution < 1.29 is 14.2 Å². The number of benzene rings is 2. The number of hydrogen-bond donors (Lipinski definition) is 0. The highest BCUT2D eigenvalue weighted by Crippen LogP contribution is 2.28. The van der Waals surface area contributed by atoms with E-state index in [1.165, 1.54) is 15.9 Å². The first-order chi connectivity index (χ1) is 16.6. The van der Waals surface area contributed by atoms with Gasteiger partial charge in [-0.05, 0) is 54.5 Å². The highest BCUT2D eigenvalue weighted by atomic mass is 32.1. The normalized spacial score (nSPS) is 11.6. The van der Waals surface area contributed by atoms with Gasteiger partial charge in [0.2, 0.25) is 4.96 Å². The lowest BCUT2D eigenvalue weighted by molar-refractivity contribution is 0.286. The Bertz CT molecular complexity index is 1380. The molecule has 8 heteroatoms. The fourth-order valence-electron chi connectivity index (χ4n) is 3.39. The highest BCUT2D eigenvalue weighted by Gasteiger charge is 2.13. The predicted molar refractivity (Wildman–Crippen MR) is 135 cm³/mol. The van der Waals surface area contributed by atoms with Gasteiger partial charge in [-0.2, -0.15) is 9.50 Å². The van der Waals surface area contributed by atoms with Crippen LogP contribution in [-0.2, 0) is 0 Å². The third-order valence-corrected chi connectivity index (χ3v) is 6.11. The van der Waals surface area contributed by atoms with Crippen LogP contribution in [0.15, 0.2) is 59.9 Å². The second-order valence-electron chi connectivity index (χ2n) is 7.64. The molecule has 0 amide bonds. The molecule has 0 aliphatic heterocycles. The Morgan fingerprint density at radius 2 is 1.91 bits per heavy atom. The number of aromatic nitrogens is 3. The van der Waals surface area contributed by atoms with Crippen LogP contribution in [0.5, 0.6) is 17.2 Å². The molecule has 0 atom stereocenters. The summed E-state index contributed by atoms with van der Waals surface area (Å²) in [5.41, 5.74) is 1.45. The second kappa shape index (κ2) is 11.0. The molecule has 34 heavy (non-hydrogen) atoms. The average molecular weight is 478 g/mol. The summed E-state index contributed by atoms with van der Waals surface area (Å²) in [5.74, 6) is 2.57. The Morgan fingerprint density at radius 1 is 1.09 bits per heavy atom. The molecule has 4 aromatic rings. The molecule has 0 fully saturated rings. The minimum Gasteiger partial charge on any atom is -0.493 e. The number of ether oxygens (including phenoxy) is 3. The van der Waals surface area contributed by atoms with Gasteiger partial charge in [0.25, 0.3) is 5.56 Å². The second-order valence-corrected chi connectivity index (χ2v) is 8.64. The maximum atomic E-state index is 12.9. The van der Waals surface area contributed by atoms with Gasteiger partial charge >= 0.3 is 0 Å². The van der Waals surface area contributed by atoms with Crippen LogP contribution in [0.25, 0.3) is 22.4 Å². The molecule has 2 heterocycles. The van der Waals surface area contributed by atoms with E-state index in [9.17, 15) is 4.79 Å². The van der Waals surface area contributed by atoms with Crippen LogP contribution in [0.4, 0.5) is 0 Å². The third kappa shape index (κ3) is 5.28. The first kappa shape index (κ1) is 23.5. The summed E-state index contributed by atoms with van der Waals surface area (Å²) >= 11 is 1.30. The molecule has 2 aromatic heterocycles. The van der Waals surface area contributed by atoms with E-state index in [1.807, 2.05) is 48.5 Å². The summed E-state index contributed by atoms with van der Waals surface area (Å²) in [5, 5.41) is 4.42. The number of unbranched alkanes of at least 4 members (excludes halogenated alkanes) is 2. The van der Waals surface area contributed by atoms with Gasteiger partial charge in [-0.1, -0.05) is 49.8 Å². The summed E-state index contributed by atoms with van der Waals surface area (Å²) in [6, 6.07) is 13.1. The molecule has 0 saturated carbocycles. The zero-order valence-electron chi connectivity index (χ0n) is 19.3. The summed E-state index contributed by atoms with van der Waals surface area (Å²) < 4.78 is 18.7. The topological polar surface area (TPSA) is 75.0 Å². The molecule has 0 spiro atoms. The van der Waals surface area contributed by atoms with Gasteiger partial charge < -0.3 is 14.2 Å². The summed E-state index contributed by atoms with van der Waals surface area (Å²) in [4.78, 5) is 18.0. The molecular formula is C26H27N3O4S. The molecule has 0 aliphatic carbocycles. The number of rotatable bonds is 11. The van der Waals surface area contributed by atoms with Crippen LogP contribution in [-0.4, -0.2) is 34.9 Å². The van der Waals surface area contributed by atoms with Gasteiger partial charge in [0.1, 0.15) is 12.4 Å². The van der Waals surface area contributed by atoms with E-state index in [0.717, 1.165) is 36.1 Å². The standard InChI is InChI=1S/C26H27N3O4S/c1-4-6-7-15-33-21-13-8-18(16-22(21)31-3)17-23-25(30)29-26(34-23)27-24(28-29)19-9-11-20(12-10-19)32-14-5-2/h5,8-13,16-17H,2,4,6-7,14-15H2,1,3H3. The number of methoxy groups -OCH3 is 1. The van der Waals surface area contributed by atoms with Crippen molar-refractivity contribution in [2.75, 3.05) is 20.3 Å². The Hall–Kier alpha value is -3.65. The lowest BCUT2D eigenvalue weighted by atomic mass is 10.2. The van der Waals surface area contributed by atoms with Gasteiger partial charge in [-0.25, -0.2) is 0 Å². The number of fused-ring (bicyclic) bond motifs is 1. The lowest BCUT2D eigenvalue weighted by Gasteiger charge is -2.11. The highest BCUT2D eigenvalue weighted by molar-refractivity contribution is 7.15. The minimum absolute atomic E-state index is 0.205. The maximum absolute atomic E-state index is 12.9. The zero-order chi connectivity index (χ0) is 23.9. The van der Waals surface area contributed by atoms with E-state index < -0.39 is 0 Å². The quantitative estimate of drug-likeness (QED) is 0.234. The molecule has 0 unspecified atom stereocenters. The van der Waals surface area contributed by atoms with Crippen molar-refractivity contribution in [1.82, 2.24) is 14.6 Å². The molecule has 0 aliphatic rings. The molecule has 0 N–H and O–H groups in total. The summed E-state index contributed by atoms with van der Waals surface area (Å²) in [6.45, 7) is 6.89. The van der Waals surface area contributed by atoms with Crippen LogP contribution >= 0.6 is 11.3 Å². The third-order valence-electron chi connectivity index (χ3n) is 5.15. The van der Waals surface area contributed by atoms with E-state index in [4.69, 9.17) is 14.2 Å². The first-order valence-electron chi connectivity index (χ1n) is 11.2. The van der Waals surface area contributed by atoms with Crippen LogP contribution in [0.1, 0.15) is 31.7 Å². The molecule has 2 aromatic carbocycles. The average Bonchev–Trinajstić information content (AvgIpc) is 3.40. The van der Waals surface area contributed by atoms with Crippen molar-refractivity contribution in [3.63, 3.8) is 0 Å². The molecule has 0 radical (unpaired) electrons. The molecule has 4 rings (SSSR count). The van der Waals surface area contributed by atoms with E-state index in [0.29, 0.717) is 40.0 Å². The van der Waals surface area contributed by atoms with Crippen molar-refractivity contribution in [3.05, 3.63) is 75.6 Å². The van der Waals surface area contributed by atoms with E-state index in [1.54, 1.807) is 13.2 Å². The van der Waals surface area contributed by atoms with E-state index in [2.05, 4.69) is 23.6 Å². The minimum atomic E-state index is -0.205. The van der Waals surface area contributed by atoms with Gasteiger partial charge in [0, 0.05) is 5.56 Å². The number of thiazole rings is 1. The molecule has 0 saturated heterocycles. The predicted octanol–water partition coefficient (Wildman–Crippen LogP) is 4.51. The van der Waals surface area contributed by atoms with Gasteiger partial charge in [-0.15, -0.1) is 5.10 Å². The maximum Gasteiger partial charge on any atom is 0.291 e. The Kier molecular flexibility index (Phi) is 7.59. The smallest absolute Gasteiger partial charge is 0.291 e. The van der Waals surface area contributed by atoms with Crippen LogP contribution in [0, 0.1) is 0 Å². The van der Waals surface area contributed by atoms with Crippen molar-refractivity contribution >= 4 is 22.4 Å². The Balaban J connectivity index is 1.56. The first-order valence-corrected chi connectivity index (χ1v) is 12.0. The van der Waals surface area contributed by atoms with Crippen LogP contribution in [0.3, 0.4) is 0 Å². The van der Waals surface area contributed by atoms with E-state index >= 15 is 0 Å². The van der Waals surface area contributed by atoms with Gasteiger partial charge in [-0.3, -0.25) is 4.79 Å². The van der Waals surface area contributed by atoms with Crippen molar-refractivity contribution in [2.24, 2.45) is 0 Å². The van der Waals surface area contributed by atoms with Crippen molar-refractivity contribution in [2.45, 2.75) is 26.2 Å². The monoisotopic (exact) mass is 477 g/mol. The number of nitrogens with zero attached hydrogens (tertiary/aromatic N) is 3.